The highest BCUT2D eigenvalue weighted by atomic mass is 16.5. The van der Waals surface area contributed by atoms with Crippen molar-refractivity contribution in [3.05, 3.63) is 0 Å². The van der Waals surface area contributed by atoms with Crippen LogP contribution in [0.2, 0.25) is 0 Å². The van der Waals surface area contributed by atoms with E-state index in [4.69, 9.17) is 4.74 Å². The third-order valence-corrected chi connectivity index (χ3v) is 2.99. The molecule has 0 amide bonds. The smallest absolute Gasteiger partial charge is 0.309 e. The zero-order valence-electron chi connectivity index (χ0n) is 10.3. The number of carbonyl (C=O) groups is 1. The topological polar surface area (TPSA) is 38.3 Å². The molecule has 3 heteroatoms. The van der Waals surface area contributed by atoms with E-state index in [1.807, 2.05) is 6.92 Å². The van der Waals surface area contributed by atoms with E-state index >= 15 is 0 Å². The fourth-order valence-corrected chi connectivity index (χ4v) is 1.45. The van der Waals surface area contributed by atoms with E-state index in [0.29, 0.717) is 12.5 Å². The number of nitrogens with one attached hydrogen (secondary N) is 1. The second kappa shape index (κ2) is 4.97. The van der Waals surface area contributed by atoms with Crippen molar-refractivity contribution in [3.63, 3.8) is 0 Å². The summed E-state index contributed by atoms with van der Waals surface area (Å²) in [6, 6.07) is 0. The molecule has 0 aliphatic carbocycles. The minimum Gasteiger partial charge on any atom is -0.465 e. The Balaban J connectivity index is 2.17. The molecule has 0 aromatic carbocycles. The fourth-order valence-electron chi connectivity index (χ4n) is 1.45. The molecule has 0 aromatic rings. The first-order chi connectivity index (χ1) is 6.90. The fraction of sp³-hybridized carbons (Fsp3) is 0.917. The maximum Gasteiger partial charge on any atom is 0.309 e. The summed E-state index contributed by atoms with van der Waals surface area (Å²) in [6.45, 7) is 10.9. The predicted octanol–water partition coefficient (Wildman–Crippen LogP) is 1.82. The van der Waals surface area contributed by atoms with Crippen molar-refractivity contribution in [1.82, 2.24) is 5.32 Å². The summed E-state index contributed by atoms with van der Waals surface area (Å²) < 4.78 is 5.27. The van der Waals surface area contributed by atoms with E-state index in [-0.39, 0.29) is 17.3 Å². The van der Waals surface area contributed by atoms with Gasteiger partial charge in [0.25, 0.3) is 0 Å². The van der Waals surface area contributed by atoms with E-state index in [9.17, 15) is 4.79 Å². The van der Waals surface area contributed by atoms with Gasteiger partial charge in [-0.1, -0.05) is 27.7 Å². The summed E-state index contributed by atoms with van der Waals surface area (Å²) in [6.07, 6.45) is 0.925. The van der Waals surface area contributed by atoms with Gasteiger partial charge < -0.3 is 10.1 Å². The lowest BCUT2D eigenvalue weighted by Gasteiger charge is -2.31. The molecule has 1 saturated heterocycles. The predicted molar refractivity (Wildman–Crippen MR) is 60.6 cm³/mol. The monoisotopic (exact) mass is 213 g/mol. The van der Waals surface area contributed by atoms with Crippen molar-refractivity contribution < 1.29 is 9.53 Å². The molecule has 1 atom stereocenters. The second-order valence-corrected chi connectivity index (χ2v) is 5.69. The Morgan fingerprint density at radius 2 is 2.07 bits per heavy atom. The van der Waals surface area contributed by atoms with Crippen LogP contribution in [0.1, 0.15) is 34.1 Å². The molecule has 0 radical (unpaired) electrons. The van der Waals surface area contributed by atoms with Crippen molar-refractivity contribution in [2.24, 2.45) is 17.3 Å². The number of hydrogen-bond acceptors (Lipinski definition) is 3. The molecule has 0 aromatic heterocycles. The third kappa shape index (κ3) is 4.20. The van der Waals surface area contributed by atoms with Crippen LogP contribution in [0.25, 0.3) is 0 Å². The maximum atomic E-state index is 11.6. The number of ether oxygens (including phenoxy) is 1. The SMILES string of the molecule is CC(C(=O)OCCC(C)(C)C)C1CNC1. The molecule has 88 valence electrons. The molecular weight excluding hydrogens is 190 g/mol. The Morgan fingerprint density at radius 1 is 1.47 bits per heavy atom. The lowest BCUT2D eigenvalue weighted by Crippen LogP contribution is -2.47. The molecule has 1 fully saturated rings. The van der Waals surface area contributed by atoms with Gasteiger partial charge in [-0.15, -0.1) is 0 Å². The zero-order chi connectivity index (χ0) is 11.5. The highest BCUT2D eigenvalue weighted by Gasteiger charge is 2.29. The van der Waals surface area contributed by atoms with Crippen LogP contribution in [0, 0.1) is 17.3 Å². The summed E-state index contributed by atoms with van der Waals surface area (Å²) in [7, 11) is 0. The lowest BCUT2D eigenvalue weighted by atomic mass is 9.89. The number of rotatable bonds is 4. The molecular formula is C12H23NO2. The third-order valence-electron chi connectivity index (χ3n) is 2.99. The van der Waals surface area contributed by atoms with Gasteiger partial charge in [0.05, 0.1) is 12.5 Å². The highest BCUT2D eigenvalue weighted by Crippen LogP contribution is 2.20. The second-order valence-electron chi connectivity index (χ2n) is 5.69. The van der Waals surface area contributed by atoms with E-state index in [2.05, 4.69) is 26.1 Å². The van der Waals surface area contributed by atoms with Crippen LogP contribution < -0.4 is 5.32 Å². The Bertz CT molecular complexity index is 216. The molecule has 1 heterocycles. The zero-order valence-corrected chi connectivity index (χ0v) is 10.3. The number of hydrogen-bond donors (Lipinski definition) is 1. The molecule has 3 nitrogen and oxygen atoms in total. The molecule has 0 bridgehead atoms. The largest absolute Gasteiger partial charge is 0.465 e. The van der Waals surface area contributed by atoms with Crippen LogP contribution in [-0.2, 0) is 9.53 Å². The van der Waals surface area contributed by atoms with Crippen molar-refractivity contribution in [3.8, 4) is 0 Å². The van der Waals surface area contributed by atoms with Gasteiger partial charge >= 0.3 is 5.97 Å². The van der Waals surface area contributed by atoms with Gasteiger partial charge in [0, 0.05) is 0 Å². The highest BCUT2D eigenvalue weighted by molar-refractivity contribution is 5.72. The first-order valence-corrected chi connectivity index (χ1v) is 5.77. The molecule has 1 rings (SSSR count). The standard InChI is InChI=1S/C12H23NO2/c1-9(10-7-13-8-10)11(14)15-6-5-12(2,3)4/h9-10,13H,5-8H2,1-4H3. The van der Waals surface area contributed by atoms with Gasteiger partial charge in [-0.05, 0) is 30.8 Å². The normalized spacial score (nSPS) is 19.5. The van der Waals surface area contributed by atoms with E-state index < -0.39 is 0 Å². The maximum absolute atomic E-state index is 11.6. The molecule has 1 N–H and O–H groups in total. The first-order valence-electron chi connectivity index (χ1n) is 5.77. The summed E-state index contributed by atoms with van der Waals surface area (Å²) in [5, 5.41) is 3.17. The van der Waals surface area contributed by atoms with Gasteiger partial charge in [-0.3, -0.25) is 4.79 Å². The van der Waals surface area contributed by atoms with Gasteiger partial charge in [-0.2, -0.15) is 0 Å². The summed E-state index contributed by atoms with van der Waals surface area (Å²) >= 11 is 0. The average Bonchev–Trinajstić information content (AvgIpc) is 1.98. The lowest BCUT2D eigenvalue weighted by molar-refractivity contribution is -0.151. The van der Waals surface area contributed by atoms with Crippen LogP contribution in [0.3, 0.4) is 0 Å². The van der Waals surface area contributed by atoms with Crippen molar-refractivity contribution in [2.45, 2.75) is 34.1 Å². The Hall–Kier alpha value is -0.570. The van der Waals surface area contributed by atoms with Crippen LogP contribution >= 0.6 is 0 Å². The number of carbonyl (C=O) groups excluding carboxylic acids is 1. The van der Waals surface area contributed by atoms with Crippen molar-refractivity contribution >= 4 is 5.97 Å². The number of esters is 1. The Kier molecular flexibility index (Phi) is 4.14. The van der Waals surface area contributed by atoms with Gasteiger partial charge in [-0.25, -0.2) is 0 Å². The quantitative estimate of drug-likeness (QED) is 0.724. The van der Waals surface area contributed by atoms with Gasteiger partial charge in [0.2, 0.25) is 0 Å². The van der Waals surface area contributed by atoms with Crippen LogP contribution in [-0.4, -0.2) is 25.7 Å². The summed E-state index contributed by atoms with van der Waals surface area (Å²) in [5.74, 6) is 0.490. The van der Waals surface area contributed by atoms with Gasteiger partial charge in [0.1, 0.15) is 0 Å². The average molecular weight is 213 g/mol. The minimum absolute atomic E-state index is 0.0363. The van der Waals surface area contributed by atoms with E-state index in [1.54, 1.807) is 0 Å². The van der Waals surface area contributed by atoms with E-state index in [0.717, 1.165) is 19.5 Å². The van der Waals surface area contributed by atoms with E-state index in [1.165, 1.54) is 0 Å². The first kappa shape index (κ1) is 12.5. The molecule has 1 aliphatic heterocycles. The molecule has 0 saturated carbocycles. The molecule has 1 unspecified atom stereocenters. The van der Waals surface area contributed by atoms with Crippen molar-refractivity contribution in [1.29, 1.82) is 0 Å². The molecule has 1 aliphatic rings. The van der Waals surface area contributed by atoms with Crippen molar-refractivity contribution in [2.75, 3.05) is 19.7 Å². The van der Waals surface area contributed by atoms with Crippen LogP contribution in [0.5, 0.6) is 0 Å². The molecule has 0 spiro atoms. The Labute approximate surface area is 92.6 Å². The minimum atomic E-state index is -0.0363. The van der Waals surface area contributed by atoms with Gasteiger partial charge in [0.15, 0.2) is 0 Å². The van der Waals surface area contributed by atoms with Crippen LogP contribution in [0.4, 0.5) is 0 Å². The molecule has 15 heavy (non-hydrogen) atoms. The summed E-state index contributed by atoms with van der Waals surface area (Å²) in [4.78, 5) is 11.6. The van der Waals surface area contributed by atoms with Crippen LogP contribution in [0.15, 0.2) is 0 Å². The summed E-state index contributed by atoms with van der Waals surface area (Å²) in [5.41, 5.74) is 0.238. The Morgan fingerprint density at radius 3 is 2.47 bits per heavy atom.